The zero-order chi connectivity index (χ0) is 19.0. The van der Waals surface area contributed by atoms with Crippen LogP contribution in [-0.2, 0) is 26.7 Å². The van der Waals surface area contributed by atoms with Crippen molar-refractivity contribution in [3.05, 3.63) is 29.0 Å². The molecule has 0 aliphatic rings. The zero-order valence-electron chi connectivity index (χ0n) is 13.5. The Balaban J connectivity index is 2.64. The Labute approximate surface area is 149 Å². The van der Waals surface area contributed by atoms with Gasteiger partial charge in [0, 0.05) is 13.3 Å². The SMILES string of the molecule is CCS(=O)(=O)c1c(S(C)(=O)=O)ccc(C(=O)Nc2ncnn2C)c1Cl. The summed E-state index contributed by atoms with van der Waals surface area (Å²) in [6.45, 7) is 1.35. The first-order valence-corrected chi connectivity index (χ1v) is 10.8. The lowest BCUT2D eigenvalue weighted by molar-refractivity contribution is 0.102. The first kappa shape index (κ1) is 19.3. The van der Waals surface area contributed by atoms with E-state index in [1.807, 2.05) is 0 Å². The number of sulfone groups is 2. The molecule has 0 spiro atoms. The van der Waals surface area contributed by atoms with Crippen molar-refractivity contribution in [2.24, 2.45) is 7.05 Å². The number of hydrogen-bond acceptors (Lipinski definition) is 7. The molecule has 0 unspecified atom stereocenters. The van der Waals surface area contributed by atoms with E-state index in [1.54, 1.807) is 7.05 Å². The molecule has 1 heterocycles. The highest BCUT2D eigenvalue weighted by Crippen LogP contribution is 2.33. The number of hydrogen-bond donors (Lipinski definition) is 1. The molecule has 0 saturated carbocycles. The Kier molecular flexibility index (Phi) is 5.21. The number of anilines is 1. The Bertz CT molecular complexity index is 1040. The first-order chi connectivity index (χ1) is 11.5. The van der Waals surface area contributed by atoms with Crippen LogP contribution in [0.5, 0.6) is 0 Å². The van der Waals surface area contributed by atoms with Crippen LogP contribution in [0, 0.1) is 0 Å². The highest BCUT2D eigenvalue weighted by atomic mass is 35.5. The van der Waals surface area contributed by atoms with Crippen LogP contribution in [0.4, 0.5) is 5.95 Å². The Morgan fingerprint density at radius 2 is 1.92 bits per heavy atom. The summed E-state index contributed by atoms with van der Waals surface area (Å²) in [7, 11) is -6.32. The van der Waals surface area contributed by atoms with Crippen molar-refractivity contribution in [1.82, 2.24) is 14.8 Å². The second-order valence-corrected chi connectivity index (χ2v) is 9.67. The molecule has 1 aromatic heterocycles. The number of halogens is 1. The van der Waals surface area contributed by atoms with Crippen LogP contribution in [0.1, 0.15) is 17.3 Å². The maximum absolute atomic E-state index is 12.4. The van der Waals surface area contributed by atoms with E-state index in [1.165, 1.54) is 17.9 Å². The molecule has 1 amide bonds. The molecule has 2 rings (SSSR count). The maximum Gasteiger partial charge on any atom is 0.259 e. The van der Waals surface area contributed by atoms with Gasteiger partial charge in [-0.2, -0.15) is 10.1 Å². The quantitative estimate of drug-likeness (QED) is 0.781. The van der Waals surface area contributed by atoms with Crippen molar-refractivity contribution < 1.29 is 21.6 Å². The molecule has 25 heavy (non-hydrogen) atoms. The molecular weight excluding hydrogens is 392 g/mol. The molecule has 0 radical (unpaired) electrons. The molecule has 136 valence electrons. The summed E-state index contributed by atoms with van der Waals surface area (Å²) in [5.74, 6) is -0.995. The molecular formula is C13H15ClN4O5S2. The van der Waals surface area contributed by atoms with Gasteiger partial charge >= 0.3 is 0 Å². The van der Waals surface area contributed by atoms with Crippen LogP contribution in [0.25, 0.3) is 0 Å². The number of amides is 1. The summed E-state index contributed by atoms with van der Waals surface area (Å²) in [6, 6.07) is 2.20. The molecule has 1 N–H and O–H groups in total. The van der Waals surface area contributed by atoms with E-state index < -0.39 is 40.4 Å². The monoisotopic (exact) mass is 406 g/mol. The minimum atomic E-state index is -3.99. The zero-order valence-corrected chi connectivity index (χ0v) is 15.9. The van der Waals surface area contributed by atoms with Crippen molar-refractivity contribution in [3.8, 4) is 0 Å². The number of aromatic nitrogens is 3. The molecule has 0 atom stereocenters. The largest absolute Gasteiger partial charge is 0.291 e. The van der Waals surface area contributed by atoms with Gasteiger partial charge in [0.1, 0.15) is 11.2 Å². The first-order valence-electron chi connectivity index (χ1n) is 6.89. The van der Waals surface area contributed by atoms with Gasteiger partial charge in [0.2, 0.25) is 5.95 Å². The average molecular weight is 407 g/mol. The summed E-state index contributed by atoms with van der Waals surface area (Å²) in [6.07, 6.45) is 2.09. The van der Waals surface area contributed by atoms with Crippen LogP contribution in [0.2, 0.25) is 5.02 Å². The Morgan fingerprint density at radius 3 is 2.40 bits per heavy atom. The number of rotatable bonds is 5. The predicted octanol–water partition coefficient (Wildman–Crippen LogP) is 0.918. The average Bonchev–Trinajstić information content (AvgIpc) is 2.90. The topological polar surface area (TPSA) is 128 Å². The van der Waals surface area contributed by atoms with Gasteiger partial charge in [0.15, 0.2) is 19.7 Å². The number of nitrogens with zero attached hydrogens (tertiary/aromatic N) is 3. The second kappa shape index (κ2) is 6.73. The van der Waals surface area contributed by atoms with Crippen molar-refractivity contribution in [1.29, 1.82) is 0 Å². The van der Waals surface area contributed by atoms with E-state index in [-0.39, 0.29) is 17.3 Å². The molecule has 1 aromatic carbocycles. The van der Waals surface area contributed by atoms with Gasteiger partial charge in [-0.3, -0.25) is 10.1 Å². The highest BCUT2D eigenvalue weighted by molar-refractivity contribution is 7.94. The van der Waals surface area contributed by atoms with E-state index in [0.717, 1.165) is 18.4 Å². The molecule has 0 aliphatic heterocycles. The fourth-order valence-corrected chi connectivity index (χ4v) is 5.31. The lowest BCUT2D eigenvalue weighted by Crippen LogP contribution is -2.19. The fraction of sp³-hybridized carbons (Fsp3) is 0.308. The van der Waals surface area contributed by atoms with Gasteiger partial charge < -0.3 is 0 Å². The molecule has 0 fully saturated rings. The summed E-state index contributed by atoms with van der Waals surface area (Å²) in [4.78, 5) is 15.2. The van der Waals surface area contributed by atoms with Crippen LogP contribution in [0.3, 0.4) is 0 Å². The van der Waals surface area contributed by atoms with Gasteiger partial charge in [-0.05, 0) is 12.1 Å². The van der Waals surface area contributed by atoms with Crippen LogP contribution >= 0.6 is 11.6 Å². The van der Waals surface area contributed by atoms with Crippen LogP contribution < -0.4 is 5.32 Å². The molecule has 0 bridgehead atoms. The van der Waals surface area contributed by atoms with E-state index in [0.29, 0.717) is 0 Å². The minimum Gasteiger partial charge on any atom is -0.291 e. The Morgan fingerprint density at radius 1 is 1.28 bits per heavy atom. The van der Waals surface area contributed by atoms with Gasteiger partial charge in [0.05, 0.1) is 21.2 Å². The van der Waals surface area contributed by atoms with Gasteiger partial charge in [-0.1, -0.05) is 18.5 Å². The van der Waals surface area contributed by atoms with Gasteiger partial charge in [0.25, 0.3) is 5.91 Å². The molecule has 0 aliphatic carbocycles. The summed E-state index contributed by atoms with van der Waals surface area (Å²) < 4.78 is 49.8. The summed E-state index contributed by atoms with van der Waals surface area (Å²) >= 11 is 6.11. The molecule has 12 heteroatoms. The lowest BCUT2D eigenvalue weighted by Gasteiger charge is -2.13. The fourth-order valence-electron chi connectivity index (χ4n) is 2.02. The third-order valence-electron chi connectivity index (χ3n) is 3.33. The van der Waals surface area contributed by atoms with Crippen molar-refractivity contribution in [3.63, 3.8) is 0 Å². The van der Waals surface area contributed by atoms with Crippen molar-refractivity contribution in [2.45, 2.75) is 16.7 Å². The summed E-state index contributed by atoms with van der Waals surface area (Å²) in [5, 5.41) is 5.75. The van der Waals surface area contributed by atoms with E-state index >= 15 is 0 Å². The van der Waals surface area contributed by atoms with Gasteiger partial charge in [-0.25, -0.2) is 21.5 Å². The third kappa shape index (κ3) is 3.83. The summed E-state index contributed by atoms with van der Waals surface area (Å²) in [5.41, 5.74) is -0.191. The highest BCUT2D eigenvalue weighted by Gasteiger charge is 2.29. The lowest BCUT2D eigenvalue weighted by atomic mass is 10.2. The number of nitrogens with one attached hydrogen (secondary N) is 1. The van der Waals surface area contributed by atoms with Gasteiger partial charge in [-0.15, -0.1) is 0 Å². The number of carbonyl (C=O) groups is 1. The number of aryl methyl sites for hydroxylation is 1. The smallest absolute Gasteiger partial charge is 0.259 e. The van der Waals surface area contributed by atoms with E-state index in [2.05, 4.69) is 15.4 Å². The number of benzene rings is 1. The predicted molar refractivity (Wildman–Crippen MR) is 91.2 cm³/mol. The number of carbonyl (C=O) groups excluding carboxylic acids is 1. The maximum atomic E-state index is 12.4. The van der Waals surface area contributed by atoms with Crippen molar-refractivity contribution >= 4 is 43.1 Å². The third-order valence-corrected chi connectivity index (χ3v) is 6.91. The van der Waals surface area contributed by atoms with Crippen LogP contribution in [-0.4, -0.2) is 49.5 Å². The standard InChI is InChI=1S/C13H15ClN4O5S2/c1-4-25(22,23)11-9(24(3,20)21)6-5-8(10(11)14)12(19)17-13-15-7-16-18(13)2/h5-7H,4H2,1-3H3,(H,15,16,17,19). The Hall–Kier alpha value is -1.98. The normalized spacial score (nSPS) is 12.2. The molecule has 9 nitrogen and oxygen atoms in total. The minimum absolute atomic E-state index is 0.119. The second-order valence-electron chi connectivity index (χ2n) is 5.09. The van der Waals surface area contributed by atoms with E-state index in [9.17, 15) is 21.6 Å². The molecule has 0 saturated heterocycles. The van der Waals surface area contributed by atoms with Crippen molar-refractivity contribution in [2.75, 3.05) is 17.3 Å². The van der Waals surface area contributed by atoms with Crippen LogP contribution in [0.15, 0.2) is 28.3 Å². The molecule has 2 aromatic rings. The van der Waals surface area contributed by atoms with E-state index in [4.69, 9.17) is 11.6 Å².